The van der Waals surface area contributed by atoms with Crippen LogP contribution in [0.15, 0.2) is 91.0 Å². The topological polar surface area (TPSA) is 34.4 Å². The van der Waals surface area contributed by atoms with Crippen molar-refractivity contribution in [1.82, 2.24) is 4.57 Å². The first-order chi connectivity index (χ1) is 17.0. The number of fused-ring (bicyclic) bond motifs is 3. The van der Waals surface area contributed by atoms with Crippen LogP contribution >= 0.6 is 0 Å². The molecule has 0 bridgehead atoms. The highest BCUT2D eigenvalue weighted by molar-refractivity contribution is 6.10. The molecule has 1 heterocycles. The molecule has 0 aliphatic heterocycles. The Balaban J connectivity index is 0.000000967. The number of nitrogens with zero attached hydrogens (tertiary/aromatic N) is 1. The number of hydrogen-bond acceptors (Lipinski definition) is 2. The average molecular weight is 480 g/mol. The van der Waals surface area contributed by atoms with Gasteiger partial charge in [-0.1, -0.05) is 96.1 Å². The first-order valence-electron chi connectivity index (χ1n) is 12.5. The molecule has 0 amide bonds. The van der Waals surface area contributed by atoms with E-state index in [-0.39, 0.29) is 10.8 Å². The molecule has 5 aromatic rings. The molecule has 1 N–H and O–H groups in total. The molecule has 186 valence electrons. The van der Waals surface area contributed by atoms with Gasteiger partial charge in [0.25, 0.3) is 0 Å². The molecule has 3 heteroatoms. The van der Waals surface area contributed by atoms with Crippen molar-refractivity contribution in [3.05, 3.63) is 102 Å². The van der Waals surface area contributed by atoms with Crippen molar-refractivity contribution in [2.24, 2.45) is 0 Å². The summed E-state index contributed by atoms with van der Waals surface area (Å²) < 4.78 is 2.43. The van der Waals surface area contributed by atoms with E-state index in [1.165, 1.54) is 56.9 Å². The van der Waals surface area contributed by atoms with Crippen molar-refractivity contribution >= 4 is 21.8 Å². The third-order valence-electron chi connectivity index (χ3n) is 6.71. The monoisotopic (exact) mass is 479 g/mol. The highest BCUT2D eigenvalue weighted by Gasteiger charge is 2.20. The van der Waals surface area contributed by atoms with Crippen LogP contribution < -0.4 is 0 Å². The molecule has 1 aromatic heterocycles. The highest BCUT2D eigenvalue weighted by atomic mass is 17.1. The zero-order valence-electron chi connectivity index (χ0n) is 22.5. The minimum Gasteiger partial charge on any atom is -0.309 e. The van der Waals surface area contributed by atoms with Gasteiger partial charge >= 0.3 is 0 Å². The van der Waals surface area contributed by atoms with E-state index in [9.17, 15) is 0 Å². The van der Waals surface area contributed by atoms with Crippen molar-refractivity contribution in [3.63, 3.8) is 0 Å². The van der Waals surface area contributed by atoms with Gasteiger partial charge in [-0.15, -0.1) is 0 Å². The van der Waals surface area contributed by atoms with Crippen molar-refractivity contribution in [1.29, 1.82) is 0 Å². The Morgan fingerprint density at radius 3 is 1.53 bits per heavy atom. The van der Waals surface area contributed by atoms with E-state index in [2.05, 4.69) is 142 Å². The van der Waals surface area contributed by atoms with Crippen LogP contribution in [0.25, 0.3) is 38.6 Å². The fourth-order valence-corrected chi connectivity index (χ4v) is 4.69. The summed E-state index contributed by atoms with van der Waals surface area (Å²) in [4.78, 5) is 3.25. The second-order valence-corrected chi connectivity index (χ2v) is 11.4. The van der Waals surface area contributed by atoms with Gasteiger partial charge in [-0.25, -0.2) is 4.89 Å². The number of aromatic nitrogens is 1. The van der Waals surface area contributed by atoms with Crippen LogP contribution in [0.5, 0.6) is 0 Å². The van der Waals surface area contributed by atoms with Crippen LogP contribution in [0.3, 0.4) is 0 Å². The third kappa shape index (κ3) is 5.09. The summed E-state index contributed by atoms with van der Waals surface area (Å²) in [6.07, 6.45) is 0. The Bertz CT molecular complexity index is 1410. The van der Waals surface area contributed by atoms with Crippen molar-refractivity contribution in [2.75, 3.05) is 7.11 Å². The quantitative estimate of drug-likeness (QED) is 0.202. The van der Waals surface area contributed by atoms with Gasteiger partial charge < -0.3 is 4.57 Å². The average Bonchev–Trinajstić information content (AvgIpc) is 3.17. The minimum absolute atomic E-state index is 0.109. The Hall–Kier alpha value is -3.40. The van der Waals surface area contributed by atoms with Crippen LogP contribution in [0.1, 0.15) is 52.7 Å². The summed E-state index contributed by atoms with van der Waals surface area (Å²) in [7, 11) is 1.18. The molecule has 0 unspecified atom stereocenters. The minimum atomic E-state index is 0.109. The first kappa shape index (κ1) is 25.7. The maximum atomic E-state index is 7.07. The molecule has 36 heavy (non-hydrogen) atoms. The number of benzene rings is 4. The lowest BCUT2D eigenvalue weighted by Gasteiger charge is -2.19. The van der Waals surface area contributed by atoms with Crippen molar-refractivity contribution in [3.8, 4) is 16.8 Å². The van der Waals surface area contributed by atoms with E-state index in [1.54, 1.807) is 0 Å². The maximum Gasteiger partial charge on any atom is 0.0710 e. The van der Waals surface area contributed by atoms with E-state index in [4.69, 9.17) is 5.26 Å². The molecular weight excluding hydrogens is 442 g/mol. The van der Waals surface area contributed by atoms with Crippen molar-refractivity contribution < 1.29 is 10.1 Å². The highest BCUT2D eigenvalue weighted by Crippen LogP contribution is 2.38. The maximum absolute atomic E-state index is 7.07. The fraction of sp³-hybridized carbons (Fsp3) is 0.273. The molecule has 0 aliphatic carbocycles. The van der Waals surface area contributed by atoms with Crippen molar-refractivity contribution in [2.45, 2.75) is 52.4 Å². The molecule has 0 aliphatic rings. The summed E-state index contributed by atoms with van der Waals surface area (Å²) >= 11 is 0. The molecule has 0 fully saturated rings. The number of rotatable bonds is 2. The second kappa shape index (κ2) is 9.93. The largest absolute Gasteiger partial charge is 0.309 e. The standard InChI is InChI=1S/C32H33N.CH4O2/c1-31(2,3)24-15-17-29-27(20-24)28-21-25(32(4,5)6)16-18-30(28)33(29)26-14-10-13-23(19-26)22-11-8-7-9-12-22;1-3-2/h7-21H,1-6H3;2H,1H3. The molecule has 3 nitrogen and oxygen atoms in total. The van der Waals surface area contributed by atoms with Gasteiger partial charge in [0.1, 0.15) is 0 Å². The summed E-state index contributed by atoms with van der Waals surface area (Å²) in [6.45, 7) is 13.7. The zero-order chi connectivity index (χ0) is 26.1. The number of hydrogen-bond donors (Lipinski definition) is 1. The third-order valence-corrected chi connectivity index (χ3v) is 6.71. The van der Waals surface area contributed by atoms with Gasteiger partial charge in [0.2, 0.25) is 0 Å². The van der Waals surface area contributed by atoms with E-state index < -0.39 is 0 Å². The van der Waals surface area contributed by atoms with Gasteiger partial charge in [-0.2, -0.15) is 0 Å². The molecule has 5 rings (SSSR count). The molecule has 0 radical (unpaired) electrons. The predicted octanol–water partition coefficient (Wildman–Crippen LogP) is 9.15. The molecular formula is C33H37NO2. The summed E-state index contributed by atoms with van der Waals surface area (Å²) in [5.74, 6) is 0. The van der Waals surface area contributed by atoms with Gasteiger partial charge in [-0.3, -0.25) is 5.26 Å². The van der Waals surface area contributed by atoms with E-state index in [0.29, 0.717) is 0 Å². The van der Waals surface area contributed by atoms with Crippen LogP contribution in [0.4, 0.5) is 0 Å². The molecule has 0 atom stereocenters. The fourth-order valence-electron chi connectivity index (χ4n) is 4.69. The Morgan fingerprint density at radius 1 is 0.583 bits per heavy atom. The zero-order valence-corrected chi connectivity index (χ0v) is 22.5. The van der Waals surface area contributed by atoms with Crippen LogP contribution in [0, 0.1) is 0 Å². The van der Waals surface area contributed by atoms with E-state index >= 15 is 0 Å². The van der Waals surface area contributed by atoms with Gasteiger partial charge in [0, 0.05) is 16.5 Å². The van der Waals surface area contributed by atoms with Crippen LogP contribution in [-0.2, 0) is 15.7 Å². The van der Waals surface area contributed by atoms with Crippen LogP contribution in [-0.4, -0.2) is 16.9 Å². The van der Waals surface area contributed by atoms with E-state index in [1.807, 2.05) is 0 Å². The normalized spacial score (nSPS) is 12.0. The molecule has 0 saturated carbocycles. The van der Waals surface area contributed by atoms with Gasteiger partial charge in [-0.05, 0) is 69.5 Å². The summed E-state index contributed by atoms with van der Waals surface area (Å²) in [5, 5.41) is 9.72. The lowest BCUT2D eigenvalue weighted by Crippen LogP contribution is -2.10. The Morgan fingerprint density at radius 2 is 1.06 bits per heavy atom. The second-order valence-electron chi connectivity index (χ2n) is 11.4. The molecule has 0 saturated heterocycles. The van der Waals surface area contributed by atoms with Gasteiger partial charge in [0.15, 0.2) is 0 Å². The molecule has 0 spiro atoms. The first-order valence-corrected chi connectivity index (χ1v) is 12.5. The predicted molar refractivity (Wildman–Crippen MR) is 153 cm³/mol. The Kier molecular flexibility index (Phi) is 7.08. The summed E-state index contributed by atoms with van der Waals surface area (Å²) in [6, 6.07) is 33.5. The summed E-state index contributed by atoms with van der Waals surface area (Å²) in [5.41, 5.74) is 9.15. The van der Waals surface area contributed by atoms with Crippen LogP contribution in [0.2, 0.25) is 0 Å². The lowest BCUT2D eigenvalue weighted by atomic mass is 9.85. The van der Waals surface area contributed by atoms with E-state index in [0.717, 1.165) is 0 Å². The Labute approximate surface area is 214 Å². The van der Waals surface area contributed by atoms with Gasteiger partial charge in [0.05, 0.1) is 18.1 Å². The SMILES string of the molecule is CC(C)(C)c1ccc2c(c1)c1cc(C(C)(C)C)ccc1n2-c1cccc(-c2ccccc2)c1.COO. The molecule has 4 aromatic carbocycles. The lowest BCUT2D eigenvalue weighted by molar-refractivity contribution is -0.214. The smallest absolute Gasteiger partial charge is 0.0710 e.